The van der Waals surface area contributed by atoms with Gasteiger partial charge in [-0.15, -0.1) is 0 Å². The van der Waals surface area contributed by atoms with Crippen LogP contribution in [-0.2, 0) is 45.0 Å². The molecule has 0 unspecified atom stereocenters. The van der Waals surface area contributed by atoms with Gasteiger partial charge in [0, 0.05) is 84.6 Å². The summed E-state index contributed by atoms with van der Waals surface area (Å²) in [4.78, 5) is 50.2. The van der Waals surface area contributed by atoms with Crippen molar-refractivity contribution in [3.05, 3.63) is 328 Å². The van der Waals surface area contributed by atoms with Gasteiger partial charge in [0.15, 0.2) is 40.4 Å². The van der Waals surface area contributed by atoms with Gasteiger partial charge in [-0.3, -0.25) is 48.5 Å². The Bertz CT molecular complexity index is 8070. The largest absolute Gasteiger partial charge is 0.435 e. The van der Waals surface area contributed by atoms with E-state index in [4.69, 9.17) is 23.2 Å². The first-order valence-electron chi connectivity index (χ1n) is 41.6. The first-order valence-corrected chi connectivity index (χ1v) is 42.4. The van der Waals surface area contributed by atoms with E-state index in [1.165, 1.54) is 119 Å². The zero-order valence-corrected chi connectivity index (χ0v) is 76.0. The highest BCUT2D eigenvalue weighted by molar-refractivity contribution is 6.32. The summed E-state index contributed by atoms with van der Waals surface area (Å²) in [5.74, 6) is -1.57. The molecule has 28 nitrogen and oxygen atoms in total. The predicted molar refractivity (Wildman–Crippen MR) is 492 cm³/mol. The summed E-state index contributed by atoms with van der Waals surface area (Å²) < 4.78 is 298. The van der Waals surface area contributed by atoms with E-state index in [-0.39, 0.29) is 51.2 Å². The number of anilines is 11. The molecular weight excluding hydrogens is 2010 g/mol. The van der Waals surface area contributed by atoms with Crippen molar-refractivity contribution in [2.45, 2.75) is 58.3 Å². The van der Waals surface area contributed by atoms with Crippen molar-refractivity contribution < 1.29 is 107 Å². The predicted octanol–water partition coefficient (Wildman–Crippen LogP) is 25.9. The lowest BCUT2D eigenvalue weighted by atomic mass is 10.1. The van der Waals surface area contributed by atoms with Gasteiger partial charge in [0.05, 0.1) is 127 Å². The maximum atomic E-state index is 14.0. The third-order valence-electron chi connectivity index (χ3n) is 20.6. The van der Waals surface area contributed by atoms with Crippen molar-refractivity contribution in [3.8, 4) is 57.5 Å². The molecule has 0 aliphatic rings. The maximum Gasteiger partial charge on any atom is 0.435 e. The Kier molecular flexibility index (Phi) is 29.7. The van der Waals surface area contributed by atoms with Crippen LogP contribution in [0.1, 0.15) is 50.9 Å². The molecule has 0 atom stereocenters. The lowest BCUT2D eigenvalue weighted by Gasteiger charge is -2.13. The molecular formula is C94H62Cl2F22N26O2. The van der Waals surface area contributed by atoms with Gasteiger partial charge in [-0.1, -0.05) is 23.2 Å². The summed E-state index contributed by atoms with van der Waals surface area (Å²) in [5.41, 5.74) is 2.75. The Hall–Kier alpha value is -17.4. The fourth-order valence-electron chi connectivity index (χ4n) is 14.3. The molecule has 0 aliphatic carbocycles. The standard InChI is InChI=1S/C20H12ClF3N6.C20H12F7N5O.C19H12F5N5.C19H13F4N5.C16H13ClF3N5O/c1-11-27-19-16(8-14(21)10-26-19)30(11)18-7-12(9-25)6-17(29-18)28-15-4-2-13(3-5-15)20(22,23)24;21-11-3-6-16-30-18(20(25,26)27)17(32(16)9-11)14-7-13(31-33)8-15(29-14)28-12-4-1-10(2-5-12)19(22,23)24;1-10-26-18-14(21)6-12(20)7-15(18)29(10)17-9-25-8-16(28-17)27-13-4-2-11(3-5-13)19(22,23)24;1-28-18(14-8-12(20)4-7-15(14)27-28)16-9-24-10-17(26-16)25-13-5-2-11(3-6-13)19(21,22)23;1-8-14(15(17)25(2)24-8)11-6-21-7-13(23-11)22-9-3-4-12(10(18)5-9)26-16(19)20/h2-8,10H,1H3,(H,28,29);1-9,33H,(H2,28,29,31);2-9H,1H3,(H,27,28);2-10H,1H3,(H,25,26);3-7,16H,1-2H3,(H,22,23). The van der Waals surface area contributed by atoms with E-state index in [0.717, 1.165) is 114 Å². The molecule has 0 saturated heterocycles. The molecule has 0 aliphatic heterocycles. The van der Waals surface area contributed by atoms with E-state index in [9.17, 15) is 107 Å². The molecule has 7 N–H and O–H groups in total. The molecule has 0 fully saturated rings. The van der Waals surface area contributed by atoms with Crippen LogP contribution in [0.5, 0.6) is 5.75 Å². The van der Waals surface area contributed by atoms with Crippen molar-refractivity contribution in [2.75, 3.05) is 32.1 Å². The van der Waals surface area contributed by atoms with Gasteiger partial charge in [0.2, 0.25) is 0 Å². The Labute approximate surface area is 815 Å². The normalized spacial score (nSPS) is 11.7. The number of hydrogen-bond donors (Lipinski definition) is 7. The molecule has 7 aromatic carbocycles. The van der Waals surface area contributed by atoms with Gasteiger partial charge < -0.3 is 31.3 Å². The van der Waals surface area contributed by atoms with Crippen molar-refractivity contribution in [1.29, 1.82) is 5.26 Å². The topological polar surface area (TPSA) is 330 Å². The van der Waals surface area contributed by atoms with Crippen LogP contribution in [0.2, 0.25) is 10.2 Å². The highest BCUT2D eigenvalue weighted by Gasteiger charge is 2.40. The number of hydrogen-bond acceptors (Lipinski definition) is 23. The Balaban J connectivity index is 0.000000137. The second-order valence-corrected chi connectivity index (χ2v) is 31.7. The van der Waals surface area contributed by atoms with E-state index < -0.39 is 106 Å². The summed E-state index contributed by atoms with van der Waals surface area (Å²) in [6, 6.07) is 38.1. The SMILES string of the molecule is Cc1nc2c(F)cc(F)cc2n1-c1cncc(Nc2ccc(C(F)(F)F)cc2)n1.Cc1nc2ncc(Cl)cc2n1-c1cc(C#N)cc(Nc2ccc(C(F)(F)F)cc2)n1.Cc1nn(C)c(Cl)c1-c1cncc(Nc2ccc(OC(F)F)c(F)c2)n1.Cn1nc2ccc(F)cc2c1-c1cncc(Nc2ccc(C(F)(F)F)cc2)n1.ONc1cc(Nc2ccc(C(F)(F)F)cc2)nc(-c2c(C(F)(F)F)nc3ccc(F)cn23)c1. The number of pyridine rings is 4. The Morgan fingerprint density at radius 2 is 0.918 bits per heavy atom. The smallest absolute Gasteiger partial charge is 0.432 e. The first-order chi connectivity index (χ1) is 69.1. The zero-order chi connectivity index (χ0) is 105. The third-order valence-corrected chi connectivity index (χ3v) is 21.3. The average Bonchev–Trinajstić information content (AvgIpc) is 1.60. The number of imidazole rings is 3. The highest BCUT2D eigenvalue weighted by Crippen LogP contribution is 2.42. The fraction of sp³-hybridized carbons (Fsp3) is 0.117. The molecule has 0 bridgehead atoms. The van der Waals surface area contributed by atoms with Crippen LogP contribution in [0.4, 0.5) is 160 Å². The second-order valence-electron chi connectivity index (χ2n) is 30.9. The highest BCUT2D eigenvalue weighted by atomic mass is 35.5. The van der Waals surface area contributed by atoms with E-state index in [2.05, 4.69) is 107 Å². The Morgan fingerprint density at radius 1 is 0.418 bits per heavy atom. The summed E-state index contributed by atoms with van der Waals surface area (Å²) in [6.45, 7) is 2.06. The van der Waals surface area contributed by atoms with Crippen molar-refractivity contribution in [3.63, 3.8) is 0 Å². The number of nitrogens with one attached hydrogen (secondary N) is 6. The average molecular weight is 2080 g/mol. The molecule has 0 amide bonds. The number of rotatable bonds is 18. The van der Waals surface area contributed by atoms with Crippen LogP contribution in [0, 0.1) is 61.2 Å². The molecule has 19 rings (SSSR count). The molecule has 748 valence electrons. The van der Waals surface area contributed by atoms with Crippen LogP contribution in [-0.4, -0.2) is 105 Å². The van der Waals surface area contributed by atoms with Gasteiger partial charge >= 0.3 is 37.5 Å². The minimum atomic E-state index is -4.91. The maximum absolute atomic E-state index is 14.0. The van der Waals surface area contributed by atoms with Crippen molar-refractivity contribution in [1.82, 2.24) is 92.9 Å². The molecule has 0 spiro atoms. The number of aryl methyl sites for hydroxylation is 5. The fourth-order valence-corrected chi connectivity index (χ4v) is 14.8. The number of aromatic nitrogens is 19. The van der Waals surface area contributed by atoms with E-state index >= 15 is 0 Å². The monoisotopic (exact) mass is 2070 g/mol. The van der Waals surface area contributed by atoms with E-state index in [1.807, 2.05) is 0 Å². The number of nitrogens with zero attached hydrogens (tertiary/aromatic N) is 20. The molecule has 12 heterocycles. The quantitative estimate of drug-likeness (QED) is 0.0310. The van der Waals surface area contributed by atoms with E-state index in [0.29, 0.717) is 124 Å². The van der Waals surface area contributed by atoms with Gasteiger partial charge in [0.25, 0.3) is 0 Å². The van der Waals surface area contributed by atoms with E-state index in [1.54, 1.807) is 67.8 Å². The summed E-state index contributed by atoms with van der Waals surface area (Å²) in [7, 11) is 3.42. The molecule has 0 radical (unpaired) electrons. The van der Waals surface area contributed by atoms with Crippen LogP contribution in [0.3, 0.4) is 0 Å². The summed E-state index contributed by atoms with van der Waals surface area (Å²) in [5, 5.41) is 42.9. The van der Waals surface area contributed by atoms with Crippen LogP contribution in [0.25, 0.3) is 84.4 Å². The lowest BCUT2D eigenvalue weighted by Crippen LogP contribution is -2.09. The number of benzene rings is 7. The zero-order valence-electron chi connectivity index (χ0n) is 74.5. The summed E-state index contributed by atoms with van der Waals surface area (Å²) >= 11 is 12.3. The van der Waals surface area contributed by atoms with Crippen LogP contribution >= 0.6 is 23.2 Å². The molecule has 52 heteroatoms. The minimum absolute atomic E-state index is 0.00759. The molecule has 12 aromatic heterocycles. The Morgan fingerprint density at radius 3 is 1.45 bits per heavy atom. The number of ether oxygens (including phenoxy) is 1. The van der Waals surface area contributed by atoms with Crippen molar-refractivity contribution in [2.24, 2.45) is 14.1 Å². The lowest BCUT2D eigenvalue weighted by molar-refractivity contribution is -0.140. The van der Waals surface area contributed by atoms with Gasteiger partial charge in [0.1, 0.15) is 85.9 Å². The molecule has 0 saturated carbocycles. The number of nitriles is 1. The molecule has 19 aromatic rings. The van der Waals surface area contributed by atoms with Crippen LogP contribution in [0.15, 0.2) is 238 Å². The van der Waals surface area contributed by atoms with Gasteiger partial charge in [-0.2, -0.15) is 90.1 Å². The first kappa shape index (κ1) is 103. The number of halogens is 24. The van der Waals surface area contributed by atoms with Gasteiger partial charge in [-0.05, 0) is 185 Å². The molecule has 146 heavy (non-hydrogen) atoms. The minimum Gasteiger partial charge on any atom is -0.432 e. The summed E-state index contributed by atoms with van der Waals surface area (Å²) in [6.07, 6.45) is -11.7. The van der Waals surface area contributed by atoms with Crippen LogP contribution < -0.4 is 36.8 Å². The number of fused-ring (bicyclic) bond motifs is 4. The number of alkyl halides is 17. The van der Waals surface area contributed by atoms with Gasteiger partial charge in [-0.25, -0.2) is 66.8 Å². The third kappa shape index (κ3) is 24.3. The second kappa shape index (κ2) is 42.0. The van der Waals surface area contributed by atoms with Crippen molar-refractivity contribution >= 4 is 125 Å².